The second-order valence-corrected chi connectivity index (χ2v) is 6.04. The second kappa shape index (κ2) is 7.42. The van der Waals surface area contributed by atoms with Crippen molar-refractivity contribution in [3.05, 3.63) is 71.8 Å². The molecule has 0 N–H and O–H groups in total. The van der Waals surface area contributed by atoms with Crippen molar-refractivity contribution in [1.82, 2.24) is 0 Å². The molecule has 0 spiro atoms. The molecule has 0 amide bonds. The summed E-state index contributed by atoms with van der Waals surface area (Å²) in [6, 6.07) is 5.43. The van der Waals surface area contributed by atoms with Gasteiger partial charge in [0.2, 0.25) is 0 Å². The zero-order valence-corrected chi connectivity index (χ0v) is 14.9. The van der Waals surface area contributed by atoms with Crippen molar-refractivity contribution >= 4 is 28.7 Å². The Balaban J connectivity index is 2.30. The molecule has 0 saturated carbocycles. The Labute approximate surface area is 161 Å². The van der Waals surface area contributed by atoms with E-state index in [0.717, 1.165) is 24.3 Å². The smallest absolute Gasteiger partial charge is 0.318 e. The van der Waals surface area contributed by atoms with Crippen LogP contribution < -0.4 is 0 Å². The maximum atomic E-state index is 11.7. The number of nitro groups is 3. The number of nitrogens with zero attached hydrogens (tertiary/aromatic N) is 4. The number of hydrogen-bond acceptors (Lipinski definition) is 9. The Kier molecular flexibility index (Phi) is 5.00. The highest BCUT2D eigenvalue weighted by molar-refractivity contribution is 6.26. The predicted molar refractivity (Wildman–Crippen MR) is 98.5 cm³/mol. The standard InChI is InChI=1S/C17H12N4O8/c1-2-3-15(22)29-18-17-12-6-9(19(23)24)4-5-11(12)16-13(17)7-10(20(25)26)8-14(16)21(27)28/h4-8H,2-3H2,1H3. The molecule has 12 heteroatoms. The van der Waals surface area contributed by atoms with Crippen LogP contribution in [-0.4, -0.2) is 26.5 Å². The molecule has 29 heavy (non-hydrogen) atoms. The van der Waals surface area contributed by atoms with Crippen LogP contribution in [0.3, 0.4) is 0 Å². The number of hydrogen-bond donors (Lipinski definition) is 0. The zero-order chi connectivity index (χ0) is 21.3. The average molecular weight is 400 g/mol. The summed E-state index contributed by atoms with van der Waals surface area (Å²) in [6.07, 6.45) is 0.541. The topological polar surface area (TPSA) is 168 Å². The minimum absolute atomic E-state index is 0.00999. The lowest BCUT2D eigenvalue weighted by molar-refractivity contribution is -0.393. The normalized spacial score (nSPS) is 12.9. The van der Waals surface area contributed by atoms with Gasteiger partial charge in [0.1, 0.15) is 5.71 Å². The Hall–Kier alpha value is -4.22. The first kappa shape index (κ1) is 19.5. The Morgan fingerprint density at radius 2 is 1.59 bits per heavy atom. The van der Waals surface area contributed by atoms with Gasteiger partial charge >= 0.3 is 5.97 Å². The minimum atomic E-state index is -0.806. The lowest BCUT2D eigenvalue weighted by Crippen LogP contribution is -2.06. The van der Waals surface area contributed by atoms with Gasteiger partial charge in [-0.15, -0.1) is 0 Å². The van der Waals surface area contributed by atoms with Crippen molar-refractivity contribution in [2.75, 3.05) is 0 Å². The molecule has 0 aliphatic heterocycles. The highest BCUT2D eigenvalue weighted by atomic mass is 16.7. The van der Waals surface area contributed by atoms with Crippen molar-refractivity contribution in [3.63, 3.8) is 0 Å². The number of fused-ring (bicyclic) bond motifs is 3. The van der Waals surface area contributed by atoms with Gasteiger partial charge in [-0.3, -0.25) is 30.3 Å². The van der Waals surface area contributed by atoms with Gasteiger partial charge in [-0.2, -0.15) is 0 Å². The number of non-ortho nitro benzene ring substituents is 2. The Morgan fingerprint density at radius 3 is 2.17 bits per heavy atom. The van der Waals surface area contributed by atoms with Gasteiger partial charge in [0.25, 0.3) is 17.1 Å². The van der Waals surface area contributed by atoms with Gasteiger partial charge < -0.3 is 4.84 Å². The molecule has 0 radical (unpaired) electrons. The molecular formula is C17H12N4O8. The van der Waals surface area contributed by atoms with E-state index in [1.54, 1.807) is 6.92 Å². The molecule has 0 heterocycles. The molecule has 0 unspecified atom stereocenters. The summed E-state index contributed by atoms with van der Waals surface area (Å²) in [5.41, 5.74) is -1.27. The first-order valence-electron chi connectivity index (χ1n) is 8.28. The predicted octanol–water partition coefficient (Wildman–Crippen LogP) is 3.49. The third kappa shape index (κ3) is 3.50. The summed E-state index contributed by atoms with van der Waals surface area (Å²) in [5, 5.41) is 37.6. The minimum Gasteiger partial charge on any atom is -0.318 e. The van der Waals surface area contributed by atoms with Crippen LogP contribution in [0.4, 0.5) is 17.1 Å². The Bertz CT molecular complexity index is 1110. The first-order valence-corrected chi connectivity index (χ1v) is 8.28. The van der Waals surface area contributed by atoms with E-state index < -0.39 is 32.1 Å². The number of oxime groups is 1. The van der Waals surface area contributed by atoms with E-state index in [1.165, 1.54) is 6.07 Å². The summed E-state index contributed by atoms with van der Waals surface area (Å²) in [4.78, 5) is 48.1. The molecule has 148 valence electrons. The summed E-state index contributed by atoms with van der Waals surface area (Å²) >= 11 is 0. The molecule has 1 aliphatic carbocycles. The monoisotopic (exact) mass is 400 g/mol. The molecule has 2 aromatic carbocycles. The van der Waals surface area contributed by atoms with E-state index >= 15 is 0 Å². The molecule has 0 saturated heterocycles. The van der Waals surface area contributed by atoms with E-state index in [4.69, 9.17) is 4.84 Å². The number of nitro benzene ring substituents is 3. The van der Waals surface area contributed by atoms with Crippen molar-refractivity contribution in [2.24, 2.45) is 5.16 Å². The number of carbonyl (C=O) groups is 1. The summed E-state index contributed by atoms with van der Waals surface area (Å²) < 4.78 is 0. The van der Waals surface area contributed by atoms with Gasteiger partial charge in [-0.1, -0.05) is 12.1 Å². The molecule has 0 aromatic heterocycles. The van der Waals surface area contributed by atoms with Crippen molar-refractivity contribution in [2.45, 2.75) is 19.8 Å². The Morgan fingerprint density at radius 1 is 0.931 bits per heavy atom. The largest absolute Gasteiger partial charge is 0.335 e. The second-order valence-electron chi connectivity index (χ2n) is 6.04. The fourth-order valence-corrected chi connectivity index (χ4v) is 2.98. The molecule has 0 atom stereocenters. The molecule has 12 nitrogen and oxygen atoms in total. The fraction of sp³-hybridized carbons (Fsp3) is 0.176. The SMILES string of the molecule is CCCC(=O)ON=C1c2cc([N+](=O)[O-])ccc2-c2c1cc([N+](=O)[O-])cc2[N+](=O)[O-]. The molecule has 0 fully saturated rings. The van der Waals surface area contributed by atoms with E-state index in [-0.39, 0.29) is 40.1 Å². The van der Waals surface area contributed by atoms with Crippen molar-refractivity contribution < 1.29 is 24.4 Å². The molecule has 2 aromatic rings. The summed E-state index contributed by atoms with van der Waals surface area (Å²) in [5.74, 6) is -0.680. The molecular weight excluding hydrogens is 388 g/mol. The van der Waals surface area contributed by atoms with Crippen LogP contribution in [0.5, 0.6) is 0 Å². The maximum absolute atomic E-state index is 11.7. The number of benzene rings is 2. The van der Waals surface area contributed by atoms with Gasteiger partial charge in [-0.25, -0.2) is 4.79 Å². The van der Waals surface area contributed by atoms with Gasteiger partial charge in [0.15, 0.2) is 0 Å². The van der Waals surface area contributed by atoms with Crippen LogP contribution >= 0.6 is 0 Å². The third-order valence-corrected chi connectivity index (χ3v) is 4.20. The third-order valence-electron chi connectivity index (χ3n) is 4.20. The van der Waals surface area contributed by atoms with Crippen LogP contribution in [0, 0.1) is 30.3 Å². The van der Waals surface area contributed by atoms with Crippen molar-refractivity contribution in [3.8, 4) is 11.1 Å². The zero-order valence-electron chi connectivity index (χ0n) is 14.9. The lowest BCUT2D eigenvalue weighted by Gasteiger charge is -2.03. The highest BCUT2D eigenvalue weighted by Gasteiger charge is 2.36. The van der Waals surface area contributed by atoms with E-state index in [9.17, 15) is 35.1 Å². The quantitative estimate of drug-likeness (QED) is 0.344. The molecule has 3 rings (SSSR count). The molecule has 0 bridgehead atoms. The lowest BCUT2D eigenvalue weighted by atomic mass is 10.0. The van der Waals surface area contributed by atoms with E-state index in [1.807, 2.05) is 0 Å². The number of rotatable bonds is 6. The fourth-order valence-electron chi connectivity index (χ4n) is 2.98. The van der Waals surface area contributed by atoms with Crippen LogP contribution in [-0.2, 0) is 9.63 Å². The summed E-state index contributed by atoms with van der Waals surface area (Å²) in [7, 11) is 0. The van der Waals surface area contributed by atoms with Crippen LogP contribution in [0.1, 0.15) is 30.9 Å². The van der Waals surface area contributed by atoms with Gasteiger partial charge in [0.05, 0.1) is 26.4 Å². The van der Waals surface area contributed by atoms with Gasteiger partial charge in [0, 0.05) is 35.7 Å². The van der Waals surface area contributed by atoms with Crippen LogP contribution in [0.2, 0.25) is 0 Å². The van der Waals surface area contributed by atoms with E-state index in [2.05, 4.69) is 5.16 Å². The van der Waals surface area contributed by atoms with E-state index in [0.29, 0.717) is 6.42 Å². The van der Waals surface area contributed by atoms with Gasteiger partial charge in [-0.05, 0) is 18.1 Å². The average Bonchev–Trinajstić information content (AvgIpc) is 2.98. The van der Waals surface area contributed by atoms with Crippen molar-refractivity contribution in [1.29, 1.82) is 0 Å². The molecule has 1 aliphatic rings. The first-order chi connectivity index (χ1) is 13.7. The van der Waals surface area contributed by atoms with Crippen LogP contribution in [0.15, 0.2) is 35.5 Å². The number of carbonyl (C=O) groups excluding carboxylic acids is 1. The highest BCUT2D eigenvalue weighted by Crippen LogP contribution is 2.45. The maximum Gasteiger partial charge on any atom is 0.335 e. The van der Waals surface area contributed by atoms with Crippen LogP contribution in [0.25, 0.3) is 11.1 Å². The summed E-state index contributed by atoms with van der Waals surface area (Å²) in [6.45, 7) is 1.74.